The lowest BCUT2D eigenvalue weighted by atomic mass is 10.4. The van der Waals surface area contributed by atoms with Gasteiger partial charge in [-0.25, -0.2) is 21.9 Å². The van der Waals surface area contributed by atoms with Crippen LogP contribution in [0.5, 0.6) is 0 Å². The van der Waals surface area contributed by atoms with Crippen LogP contribution in [0.2, 0.25) is 5.02 Å². The average Bonchev–Trinajstić information content (AvgIpc) is 2.26. The summed E-state index contributed by atoms with van der Waals surface area (Å²) in [4.78, 5) is -0.305. The van der Waals surface area contributed by atoms with Gasteiger partial charge in [0, 0.05) is 4.47 Å². The topological polar surface area (TPSA) is 66.4 Å². The van der Waals surface area contributed by atoms with Crippen molar-refractivity contribution in [2.75, 3.05) is 13.2 Å². The van der Waals surface area contributed by atoms with Crippen LogP contribution in [0.1, 0.15) is 0 Å². The molecule has 4 nitrogen and oxygen atoms in total. The van der Waals surface area contributed by atoms with Crippen LogP contribution in [0.15, 0.2) is 27.6 Å². The van der Waals surface area contributed by atoms with Gasteiger partial charge in [-0.1, -0.05) is 27.5 Å². The van der Waals surface area contributed by atoms with Gasteiger partial charge in [0.25, 0.3) is 5.92 Å². The van der Waals surface area contributed by atoms with Gasteiger partial charge in [-0.05, 0) is 18.2 Å². The summed E-state index contributed by atoms with van der Waals surface area (Å²) in [6.07, 6.45) is 0. The predicted octanol–water partition coefficient (Wildman–Crippen LogP) is 2.01. The average molecular weight is 365 g/mol. The summed E-state index contributed by atoms with van der Waals surface area (Å²) in [6.45, 7) is -2.64. The Balaban J connectivity index is 2.94. The summed E-state index contributed by atoms with van der Waals surface area (Å²) >= 11 is 8.80. The summed E-state index contributed by atoms with van der Waals surface area (Å²) < 4.78 is 51.1. The maximum Gasteiger partial charge on any atom is 0.283 e. The van der Waals surface area contributed by atoms with Crippen LogP contribution in [-0.4, -0.2) is 32.6 Å². The number of nitrogens with one attached hydrogen (secondary N) is 1. The third-order valence-electron chi connectivity index (χ3n) is 1.94. The standard InChI is InChI=1S/C9H9BrClF2NO3S/c10-6-1-2-8(7(11)3-6)18(16,17)14-4-9(12,13)5-15/h1-3,14-15H,4-5H2. The minimum atomic E-state index is -4.14. The lowest BCUT2D eigenvalue weighted by molar-refractivity contribution is -0.0437. The Morgan fingerprint density at radius 1 is 1.44 bits per heavy atom. The first-order chi connectivity index (χ1) is 8.18. The summed E-state index contributed by atoms with van der Waals surface area (Å²) in [7, 11) is -4.14. The molecule has 102 valence electrons. The van der Waals surface area contributed by atoms with E-state index in [1.54, 1.807) is 4.72 Å². The van der Waals surface area contributed by atoms with Crippen molar-refractivity contribution in [1.29, 1.82) is 0 Å². The fourth-order valence-electron chi connectivity index (χ4n) is 1.03. The van der Waals surface area contributed by atoms with E-state index in [9.17, 15) is 17.2 Å². The molecule has 1 rings (SSSR count). The first kappa shape index (κ1) is 15.8. The molecule has 0 spiro atoms. The molecule has 1 aromatic carbocycles. The Bertz CT molecular complexity index is 539. The molecule has 0 bridgehead atoms. The van der Waals surface area contributed by atoms with Crippen molar-refractivity contribution in [3.63, 3.8) is 0 Å². The molecule has 0 unspecified atom stereocenters. The molecule has 0 heterocycles. The van der Waals surface area contributed by atoms with Gasteiger partial charge in [0.1, 0.15) is 11.5 Å². The largest absolute Gasteiger partial charge is 0.390 e. The highest BCUT2D eigenvalue weighted by atomic mass is 79.9. The zero-order valence-electron chi connectivity index (χ0n) is 8.83. The smallest absolute Gasteiger partial charge is 0.283 e. The highest BCUT2D eigenvalue weighted by molar-refractivity contribution is 9.10. The molecule has 2 N–H and O–H groups in total. The Labute approximate surface area is 116 Å². The predicted molar refractivity (Wildman–Crippen MR) is 66.4 cm³/mol. The number of halogens is 4. The maximum atomic E-state index is 12.7. The molecule has 0 aliphatic heterocycles. The van der Waals surface area contributed by atoms with E-state index in [-0.39, 0.29) is 9.92 Å². The summed E-state index contributed by atoms with van der Waals surface area (Å²) in [5.41, 5.74) is 0. The van der Waals surface area contributed by atoms with E-state index in [0.717, 1.165) is 0 Å². The molecule has 0 aliphatic carbocycles. The minimum absolute atomic E-state index is 0.0933. The van der Waals surface area contributed by atoms with E-state index in [2.05, 4.69) is 15.9 Å². The Kier molecular flexibility index (Phi) is 5.07. The lowest BCUT2D eigenvalue weighted by Gasteiger charge is -2.14. The van der Waals surface area contributed by atoms with Crippen molar-refractivity contribution in [2.45, 2.75) is 10.8 Å². The van der Waals surface area contributed by atoms with Crippen LogP contribution < -0.4 is 4.72 Å². The Morgan fingerprint density at radius 3 is 2.56 bits per heavy atom. The van der Waals surface area contributed by atoms with Crippen LogP contribution in [0.25, 0.3) is 0 Å². The monoisotopic (exact) mass is 363 g/mol. The van der Waals surface area contributed by atoms with E-state index in [0.29, 0.717) is 4.47 Å². The Hall–Kier alpha value is -0.280. The van der Waals surface area contributed by atoms with E-state index in [4.69, 9.17) is 16.7 Å². The normalized spacial score (nSPS) is 12.7. The van der Waals surface area contributed by atoms with Crippen molar-refractivity contribution in [2.24, 2.45) is 0 Å². The summed E-state index contributed by atoms with van der Waals surface area (Å²) in [5, 5.41) is 8.24. The molecule has 0 saturated carbocycles. The second-order valence-electron chi connectivity index (χ2n) is 3.41. The van der Waals surface area contributed by atoms with E-state index in [1.165, 1.54) is 18.2 Å². The minimum Gasteiger partial charge on any atom is -0.390 e. The number of rotatable bonds is 5. The van der Waals surface area contributed by atoms with E-state index >= 15 is 0 Å². The van der Waals surface area contributed by atoms with Gasteiger partial charge in [0.05, 0.1) is 11.6 Å². The van der Waals surface area contributed by atoms with Crippen molar-refractivity contribution in [3.8, 4) is 0 Å². The van der Waals surface area contributed by atoms with Crippen LogP contribution in [0, 0.1) is 0 Å². The first-order valence-corrected chi connectivity index (χ1v) is 7.27. The fourth-order valence-corrected chi connectivity index (χ4v) is 3.13. The van der Waals surface area contributed by atoms with Crippen molar-refractivity contribution in [3.05, 3.63) is 27.7 Å². The number of aliphatic hydroxyl groups is 1. The Morgan fingerprint density at radius 2 is 2.06 bits per heavy atom. The molecular formula is C9H9BrClF2NO3S. The third-order valence-corrected chi connectivity index (χ3v) is 4.31. The van der Waals surface area contributed by atoms with E-state index < -0.39 is 29.1 Å². The number of aliphatic hydroxyl groups excluding tert-OH is 1. The third kappa shape index (κ3) is 4.13. The molecule has 0 amide bonds. The second kappa shape index (κ2) is 5.79. The van der Waals surface area contributed by atoms with E-state index in [1.807, 2.05) is 0 Å². The number of hydrogen-bond donors (Lipinski definition) is 2. The second-order valence-corrected chi connectivity index (χ2v) is 6.47. The van der Waals surface area contributed by atoms with Gasteiger partial charge in [0.2, 0.25) is 10.0 Å². The molecular weight excluding hydrogens is 356 g/mol. The lowest BCUT2D eigenvalue weighted by Crippen LogP contribution is -2.39. The van der Waals surface area contributed by atoms with Crippen molar-refractivity contribution < 1.29 is 22.3 Å². The van der Waals surface area contributed by atoms with Crippen LogP contribution in [0.4, 0.5) is 8.78 Å². The zero-order valence-corrected chi connectivity index (χ0v) is 12.0. The molecule has 0 aromatic heterocycles. The summed E-state index contributed by atoms with van der Waals surface area (Å²) in [5.74, 6) is -3.52. The van der Waals surface area contributed by atoms with Gasteiger partial charge in [-0.3, -0.25) is 0 Å². The van der Waals surface area contributed by atoms with Gasteiger partial charge in [-0.15, -0.1) is 0 Å². The molecule has 0 atom stereocenters. The van der Waals surface area contributed by atoms with Crippen LogP contribution >= 0.6 is 27.5 Å². The zero-order chi connectivity index (χ0) is 14.0. The maximum absolute atomic E-state index is 12.7. The first-order valence-electron chi connectivity index (χ1n) is 4.61. The highest BCUT2D eigenvalue weighted by Crippen LogP contribution is 2.25. The molecule has 1 aromatic rings. The van der Waals surface area contributed by atoms with Crippen molar-refractivity contribution >= 4 is 37.6 Å². The molecule has 9 heteroatoms. The number of sulfonamides is 1. The number of alkyl halides is 2. The number of benzene rings is 1. The van der Waals surface area contributed by atoms with Crippen molar-refractivity contribution in [1.82, 2.24) is 4.72 Å². The molecule has 0 saturated heterocycles. The van der Waals surface area contributed by atoms with Gasteiger partial charge >= 0.3 is 0 Å². The van der Waals surface area contributed by atoms with Gasteiger partial charge in [-0.2, -0.15) is 0 Å². The highest BCUT2D eigenvalue weighted by Gasteiger charge is 2.30. The van der Waals surface area contributed by atoms with Crippen LogP contribution in [-0.2, 0) is 10.0 Å². The number of hydrogen-bond acceptors (Lipinski definition) is 3. The molecule has 18 heavy (non-hydrogen) atoms. The summed E-state index contributed by atoms with van der Waals surface area (Å²) in [6, 6.07) is 3.94. The quantitative estimate of drug-likeness (QED) is 0.840. The molecule has 0 radical (unpaired) electrons. The van der Waals surface area contributed by atoms with Gasteiger partial charge in [0.15, 0.2) is 0 Å². The molecule has 0 aliphatic rings. The molecule has 0 fully saturated rings. The fraction of sp³-hybridized carbons (Fsp3) is 0.333. The van der Waals surface area contributed by atoms with Crippen LogP contribution in [0.3, 0.4) is 0 Å². The SMILES string of the molecule is O=S(=O)(NCC(F)(F)CO)c1ccc(Br)cc1Cl. The van der Waals surface area contributed by atoms with Gasteiger partial charge < -0.3 is 5.11 Å².